The van der Waals surface area contributed by atoms with Gasteiger partial charge in [0.15, 0.2) is 5.78 Å². The van der Waals surface area contributed by atoms with Gasteiger partial charge in [0.2, 0.25) is 0 Å². The zero-order valence-electron chi connectivity index (χ0n) is 16.2. The highest BCUT2D eigenvalue weighted by atomic mass is 16.6. The molecule has 0 unspecified atom stereocenters. The smallest absolute Gasteiger partial charge is 0.410 e. The summed E-state index contributed by atoms with van der Waals surface area (Å²) in [5.41, 5.74) is 0.121. The minimum absolute atomic E-state index is 0.0258. The molecule has 1 atom stereocenters. The standard InChI is InChI=1S/C19H30N2O4/c1-18(2,3)16-12-13(25-20-16)11-15(22)14-9-7-8-10-21(14)17(23)24-19(4,5)6/h12,14H,7-11H2,1-6H3/t14-/m0/s1. The number of carbonyl (C=O) groups is 2. The second kappa shape index (κ2) is 7.18. The minimum Gasteiger partial charge on any atom is -0.444 e. The van der Waals surface area contributed by atoms with Crippen LogP contribution in [0.1, 0.15) is 72.3 Å². The van der Waals surface area contributed by atoms with E-state index in [4.69, 9.17) is 9.26 Å². The van der Waals surface area contributed by atoms with Gasteiger partial charge in [0.1, 0.15) is 11.4 Å². The van der Waals surface area contributed by atoms with Crippen molar-refractivity contribution in [2.75, 3.05) is 6.54 Å². The maximum Gasteiger partial charge on any atom is 0.410 e. The number of amides is 1. The van der Waals surface area contributed by atoms with Crippen LogP contribution in [0, 0.1) is 0 Å². The van der Waals surface area contributed by atoms with Crippen LogP contribution >= 0.6 is 0 Å². The van der Waals surface area contributed by atoms with Crippen molar-refractivity contribution in [2.45, 2.75) is 84.3 Å². The molecule has 2 heterocycles. The molecule has 1 aliphatic rings. The summed E-state index contributed by atoms with van der Waals surface area (Å²) < 4.78 is 10.8. The van der Waals surface area contributed by atoms with Gasteiger partial charge in [-0.25, -0.2) is 4.79 Å². The first kappa shape index (κ1) is 19.5. The van der Waals surface area contributed by atoms with Gasteiger partial charge in [0.05, 0.1) is 18.2 Å². The lowest BCUT2D eigenvalue weighted by Gasteiger charge is -2.35. The highest BCUT2D eigenvalue weighted by Crippen LogP contribution is 2.24. The average Bonchev–Trinajstić information content (AvgIpc) is 2.94. The van der Waals surface area contributed by atoms with E-state index in [1.165, 1.54) is 0 Å². The molecule has 140 valence electrons. The Morgan fingerprint density at radius 3 is 2.48 bits per heavy atom. The molecule has 2 rings (SSSR count). The Balaban J connectivity index is 2.07. The van der Waals surface area contributed by atoms with E-state index in [-0.39, 0.29) is 17.6 Å². The van der Waals surface area contributed by atoms with Crippen molar-refractivity contribution >= 4 is 11.9 Å². The average molecular weight is 350 g/mol. The highest BCUT2D eigenvalue weighted by Gasteiger charge is 2.35. The quantitative estimate of drug-likeness (QED) is 0.827. The van der Waals surface area contributed by atoms with Gasteiger partial charge >= 0.3 is 6.09 Å². The fraction of sp³-hybridized carbons (Fsp3) is 0.737. The van der Waals surface area contributed by atoms with Crippen LogP contribution in [0.15, 0.2) is 10.6 Å². The van der Waals surface area contributed by atoms with E-state index in [0.717, 1.165) is 18.5 Å². The summed E-state index contributed by atoms with van der Waals surface area (Å²) in [6, 6.07) is 1.38. The maximum absolute atomic E-state index is 12.8. The predicted octanol–water partition coefficient (Wildman–Crippen LogP) is 3.87. The lowest BCUT2D eigenvalue weighted by Crippen LogP contribution is -2.50. The Morgan fingerprint density at radius 2 is 1.92 bits per heavy atom. The number of hydrogen-bond donors (Lipinski definition) is 0. The third-order valence-electron chi connectivity index (χ3n) is 4.18. The molecule has 0 radical (unpaired) electrons. The van der Waals surface area contributed by atoms with Crippen molar-refractivity contribution < 1.29 is 18.8 Å². The second-order valence-corrected chi connectivity index (χ2v) is 8.76. The van der Waals surface area contributed by atoms with Crippen LogP contribution in [-0.4, -0.2) is 40.1 Å². The number of carbonyl (C=O) groups excluding carboxylic acids is 2. The zero-order valence-corrected chi connectivity index (χ0v) is 16.2. The van der Waals surface area contributed by atoms with Crippen LogP contribution in [0.25, 0.3) is 0 Å². The molecule has 0 aromatic carbocycles. The largest absolute Gasteiger partial charge is 0.444 e. The van der Waals surface area contributed by atoms with Crippen LogP contribution in [-0.2, 0) is 21.4 Å². The molecule has 1 aliphatic heterocycles. The summed E-state index contributed by atoms with van der Waals surface area (Å²) in [4.78, 5) is 26.8. The predicted molar refractivity (Wildman–Crippen MR) is 94.5 cm³/mol. The fourth-order valence-electron chi connectivity index (χ4n) is 2.84. The molecule has 0 saturated carbocycles. The molecule has 1 saturated heterocycles. The lowest BCUT2D eigenvalue weighted by molar-refractivity contribution is -0.125. The van der Waals surface area contributed by atoms with Crippen molar-refractivity contribution in [2.24, 2.45) is 0 Å². The number of aromatic nitrogens is 1. The second-order valence-electron chi connectivity index (χ2n) is 8.76. The third kappa shape index (κ3) is 5.31. The molecule has 0 N–H and O–H groups in total. The van der Waals surface area contributed by atoms with Gasteiger partial charge in [-0.1, -0.05) is 25.9 Å². The number of likely N-dealkylation sites (tertiary alicyclic amines) is 1. The molecule has 6 heteroatoms. The number of piperidine rings is 1. The minimum atomic E-state index is -0.575. The Morgan fingerprint density at radius 1 is 1.24 bits per heavy atom. The molecule has 1 amide bonds. The highest BCUT2D eigenvalue weighted by molar-refractivity contribution is 5.89. The topological polar surface area (TPSA) is 72.6 Å². The van der Waals surface area contributed by atoms with Crippen LogP contribution in [0.5, 0.6) is 0 Å². The van der Waals surface area contributed by atoms with Gasteiger partial charge < -0.3 is 9.26 Å². The van der Waals surface area contributed by atoms with Crippen molar-refractivity contribution in [3.8, 4) is 0 Å². The number of ether oxygens (including phenoxy) is 1. The summed E-state index contributed by atoms with van der Waals surface area (Å²) in [7, 11) is 0. The van der Waals surface area contributed by atoms with E-state index in [1.54, 1.807) is 4.90 Å². The molecular formula is C19H30N2O4. The van der Waals surface area contributed by atoms with Gasteiger partial charge in [-0.05, 0) is 40.0 Å². The lowest BCUT2D eigenvalue weighted by atomic mass is 9.91. The molecular weight excluding hydrogens is 320 g/mol. The maximum atomic E-state index is 12.8. The SMILES string of the molecule is CC(C)(C)OC(=O)N1CCCC[C@H]1C(=O)Cc1cc(C(C)(C)C)no1. The van der Waals surface area contributed by atoms with Crippen molar-refractivity contribution in [3.05, 3.63) is 17.5 Å². The normalized spacial score (nSPS) is 19.0. The summed E-state index contributed by atoms with van der Waals surface area (Å²) >= 11 is 0. The van der Waals surface area contributed by atoms with Crippen LogP contribution in [0.4, 0.5) is 4.79 Å². The van der Waals surface area contributed by atoms with Crippen molar-refractivity contribution in [1.29, 1.82) is 0 Å². The Hall–Kier alpha value is -1.85. The van der Waals surface area contributed by atoms with Gasteiger partial charge in [0.25, 0.3) is 0 Å². The van der Waals surface area contributed by atoms with Crippen molar-refractivity contribution in [1.82, 2.24) is 10.1 Å². The van der Waals surface area contributed by atoms with E-state index in [2.05, 4.69) is 5.16 Å². The van der Waals surface area contributed by atoms with E-state index in [9.17, 15) is 9.59 Å². The van der Waals surface area contributed by atoms with Gasteiger partial charge in [-0.2, -0.15) is 0 Å². The number of rotatable bonds is 3. The zero-order chi connectivity index (χ0) is 18.8. The Bertz CT molecular complexity index is 622. The van der Waals surface area contributed by atoms with Crippen LogP contribution in [0.2, 0.25) is 0 Å². The molecule has 1 aromatic rings. The van der Waals surface area contributed by atoms with E-state index < -0.39 is 17.7 Å². The Kier molecular flexibility index (Phi) is 5.59. The van der Waals surface area contributed by atoms with Gasteiger partial charge in [-0.3, -0.25) is 9.69 Å². The Labute approximate surface area is 149 Å². The van der Waals surface area contributed by atoms with Gasteiger partial charge in [0, 0.05) is 18.0 Å². The number of nitrogens with zero attached hydrogens (tertiary/aromatic N) is 2. The van der Waals surface area contributed by atoms with Crippen LogP contribution < -0.4 is 0 Å². The van der Waals surface area contributed by atoms with E-state index in [1.807, 2.05) is 47.6 Å². The molecule has 0 spiro atoms. The van der Waals surface area contributed by atoms with Crippen molar-refractivity contribution in [3.63, 3.8) is 0 Å². The first-order valence-corrected chi connectivity index (χ1v) is 8.96. The van der Waals surface area contributed by atoms with E-state index >= 15 is 0 Å². The number of hydrogen-bond acceptors (Lipinski definition) is 5. The molecule has 1 fully saturated rings. The molecule has 0 aliphatic carbocycles. The monoisotopic (exact) mass is 350 g/mol. The third-order valence-corrected chi connectivity index (χ3v) is 4.18. The molecule has 1 aromatic heterocycles. The first-order valence-electron chi connectivity index (χ1n) is 8.96. The molecule has 0 bridgehead atoms. The molecule has 25 heavy (non-hydrogen) atoms. The summed E-state index contributed by atoms with van der Waals surface area (Å²) in [5.74, 6) is 0.520. The number of Topliss-reactive ketones (excluding diaryl/α,β-unsaturated/α-hetero) is 1. The summed E-state index contributed by atoms with van der Waals surface area (Å²) in [5, 5.41) is 4.06. The van der Waals surface area contributed by atoms with Crippen LogP contribution in [0.3, 0.4) is 0 Å². The van der Waals surface area contributed by atoms with Gasteiger partial charge in [-0.15, -0.1) is 0 Å². The first-order chi connectivity index (χ1) is 11.5. The molecule has 6 nitrogen and oxygen atoms in total. The fourth-order valence-corrected chi connectivity index (χ4v) is 2.84. The van der Waals surface area contributed by atoms with E-state index in [0.29, 0.717) is 18.7 Å². The number of ketones is 1. The summed E-state index contributed by atoms with van der Waals surface area (Å²) in [6.45, 7) is 12.2. The summed E-state index contributed by atoms with van der Waals surface area (Å²) in [6.07, 6.45) is 2.21.